The SMILES string of the molecule is C[C@H](CO)C12OCC(C)(CO1)CO2. The van der Waals surface area contributed by atoms with Gasteiger partial charge in [-0.25, -0.2) is 0 Å². The van der Waals surface area contributed by atoms with Crippen LogP contribution in [0, 0.1) is 11.3 Å². The summed E-state index contributed by atoms with van der Waals surface area (Å²) in [5.41, 5.74) is -0.00305. The van der Waals surface area contributed by atoms with Gasteiger partial charge >= 0.3 is 0 Å². The number of fused-ring (bicyclic) bond motifs is 3. The Morgan fingerprint density at radius 1 is 1.23 bits per heavy atom. The molecule has 3 rings (SSSR count). The zero-order valence-electron chi connectivity index (χ0n) is 8.08. The lowest BCUT2D eigenvalue weighted by molar-refractivity contribution is -0.483. The molecule has 3 saturated heterocycles. The number of ether oxygens (including phenoxy) is 3. The van der Waals surface area contributed by atoms with Crippen LogP contribution in [0.5, 0.6) is 0 Å². The first kappa shape index (κ1) is 9.40. The van der Waals surface area contributed by atoms with E-state index in [0.717, 1.165) is 0 Å². The molecule has 1 N–H and O–H groups in total. The van der Waals surface area contributed by atoms with Crippen molar-refractivity contribution in [3.05, 3.63) is 0 Å². The van der Waals surface area contributed by atoms with Crippen LogP contribution in [0.2, 0.25) is 0 Å². The summed E-state index contributed by atoms with van der Waals surface area (Å²) >= 11 is 0. The largest absolute Gasteiger partial charge is 0.396 e. The summed E-state index contributed by atoms with van der Waals surface area (Å²) in [6.07, 6.45) is 0. The summed E-state index contributed by atoms with van der Waals surface area (Å²) in [6.45, 7) is 5.89. The lowest BCUT2D eigenvalue weighted by Crippen LogP contribution is -2.62. The average Bonchev–Trinajstić information content (AvgIpc) is 2.18. The molecule has 4 heteroatoms. The summed E-state index contributed by atoms with van der Waals surface area (Å²) in [7, 11) is 0. The highest BCUT2D eigenvalue weighted by atomic mass is 16.9. The second-order valence-corrected chi connectivity index (χ2v) is 4.36. The van der Waals surface area contributed by atoms with Gasteiger partial charge in [0.05, 0.1) is 32.3 Å². The molecule has 4 nitrogen and oxygen atoms in total. The Labute approximate surface area is 77.8 Å². The normalized spacial score (nSPS) is 46.4. The molecule has 0 aromatic heterocycles. The highest BCUT2D eigenvalue weighted by Crippen LogP contribution is 2.41. The monoisotopic (exact) mass is 188 g/mol. The van der Waals surface area contributed by atoms with Crippen molar-refractivity contribution < 1.29 is 19.3 Å². The molecular formula is C9H16O4. The van der Waals surface area contributed by atoms with Gasteiger partial charge in [-0.15, -0.1) is 0 Å². The van der Waals surface area contributed by atoms with Gasteiger partial charge in [-0.2, -0.15) is 0 Å². The van der Waals surface area contributed by atoms with Gasteiger partial charge in [0.15, 0.2) is 0 Å². The van der Waals surface area contributed by atoms with Crippen molar-refractivity contribution in [2.45, 2.75) is 19.8 Å². The van der Waals surface area contributed by atoms with Crippen LogP contribution in [-0.4, -0.2) is 37.5 Å². The van der Waals surface area contributed by atoms with E-state index in [1.54, 1.807) is 0 Å². The molecule has 3 fully saturated rings. The fraction of sp³-hybridized carbons (Fsp3) is 1.00. The highest BCUT2D eigenvalue weighted by Gasteiger charge is 2.53. The predicted octanol–water partition coefficient (Wildman–Crippen LogP) is 0.352. The Bertz CT molecular complexity index is 179. The molecule has 0 unspecified atom stereocenters. The number of aliphatic hydroxyl groups excluding tert-OH is 1. The summed E-state index contributed by atoms with van der Waals surface area (Å²) in [6, 6.07) is 0. The molecule has 3 heterocycles. The van der Waals surface area contributed by atoms with Crippen molar-refractivity contribution in [2.24, 2.45) is 11.3 Å². The third kappa shape index (κ3) is 1.38. The summed E-state index contributed by atoms with van der Waals surface area (Å²) in [5, 5.41) is 9.02. The molecule has 0 saturated carbocycles. The van der Waals surface area contributed by atoms with Crippen LogP contribution >= 0.6 is 0 Å². The van der Waals surface area contributed by atoms with Gasteiger partial charge in [0, 0.05) is 5.41 Å². The van der Waals surface area contributed by atoms with Crippen LogP contribution in [-0.2, 0) is 14.2 Å². The van der Waals surface area contributed by atoms with Gasteiger partial charge in [0.2, 0.25) is 0 Å². The number of hydrogen-bond acceptors (Lipinski definition) is 4. The molecule has 2 bridgehead atoms. The molecule has 0 radical (unpaired) electrons. The topological polar surface area (TPSA) is 47.9 Å². The second-order valence-electron chi connectivity index (χ2n) is 4.36. The fourth-order valence-corrected chi connectivity index (χ4v) is 1.61. The number of hydrogen-bond donors (Lipinski definition) is 1. The minimum Gasteiger partial charge on any atom is -0.396 e. The second kappa shape index (κ2) is 2.92. The molecule has 0 aromatic rings. The van der Waals surface area contributed by atoms with E-state index in [4.69, 9.17) is 19.3 Å². The lowest BCUT2D eigenvalue weighted by Gasteiger charge is -2.52. The summed E-state index contributed by atoms with van der Waals surface area (Å²) < 4.78 is 16.5. The average molecular weight is 188 g/mol. The molecular weight excluding hydrogens is 172 g/mol. The van der Waals surface area contributed by atoms with Crippen molar-refractivity contribution in [3.8, 4) is 0 Å². The van der Waals surface area contributed by atoms with Crippen molar-refractivity contribution in [2.75, 3.05) is 26.4 Å². The van der Waals surface area contributed by atoms with Crippen molar-refractivity contribution in [3.63, 3.8) is 0 Å². The summed E-state index contributed by atoms with van der Waals surface area (Å²) in [5.74, 6) is -1.12. The van der Waals surface area contributed by atoms with Gasteiger partial charge in [0.25, 0.3) is 5.97 Å². The fourth-order valence-electron chi connectivity index (χ4n) is 1.61. The van der Waals surface area contributed by atoms with Crippen LogP contribution in [0.25, 0.3) is 0 Å². The maximum absolute atomic E-state index is 9.02. The van der Waals surface area contributed by atoms with Crippen molar-refractivity contribution in [1.82, 2.24) is 0 Å². The minimum absolute atomic E-state index is 0.00305. The quantitative estimate of drug-likeness (QED) is 0.679. The van der Waals surface area contributed by atoms with E-state index in [1.165, 1.54) is 0 Å². The van der Waals surface area contributed by atoms with Crippen LogP contribution < -0.4 is 0 Å². The Balaban J connectivity index is 2.11. The Hall–Kier alpha value is -0.160. The first-order chi connectivity index (χ1) is 6.10. The highest BCUT2D eigenvalue weighted by molar-refractivity contribution is 4.86. The summed E-state index contributed by atoms with van der Waals surface area (Å²) in [4.78, 5) is 0. The standard InChI is InChI=1S/C9H16O4/c1-7(3-10)9-11-4-8(2,5-12-9)6-13-9/h7,10H,3-6H2,1-2H3/t7-,8?,9?/m1/s1. The molecule has 3 aliphatic heterocycles. The molecule has 3 aliphatic rings. The van der Waals surface area contributed by atoms with Gasteiger partial charge < -0.3 is 19.3 Å². The first-order valence-corrected chi connectivity index (χ1v) is 4.63. The van der Waals surface area contributed by atoms with Crippen molar-refractivity contribution in [1.29, 1.82) is 0 Å². The van der Waals surface area contributed by atoms with E-state index in [1.807, 2.05) is 6.92 Å². The molecule has 76 valence electrons. The zero-order chi connectivity index (χ0) is 9.53. The lowest BCUT2D eigenvalue weighted by atomic mass is 9.90. The van der Waals surface area contributed by atoms with E-state index >= 15 is 0 Å². The number of aliphatic hydroxyl groups is 1. The van der Waals surface area contributed by atoms with Gasteiger partial charge in [0.1, 0.15) is 0 Å². The number of rotatable bonds is 2. The van der Waals surface area contributed by atoms with Crippen LogP contribution in [0.3, 0.4) is 0 Å². The van der Waals surface area contributed by atoms with E-state index in [0.29, 0.717) is 19.8 Å². The maximum atomic E-state index is 9.02. The Morgan fingerprint density at radius 3 is 2.08 bits per heavy atom. The molecule has 0 amide bonds. The van der Waals surface area contributed by atoms with E-state index < -0.39 is 5.97 Å². The molecule has 0 spiro atoms. The Morgan fingerprint density at radius 2 is 1.69 bits per heavy atom. The van der Waals surface area contributed by atoms with E-state index in [2.05, 4.69) is 6.92 Å². The van der Waals surface area contributed by atoms with Crippen molar-refractivity contribution >= 4 is 0 Å². The van der Waals surface area contributed by atoms with E-state index in [-0.39, 0.29) is 17.9 Å². The molecule has 0 aromatic carbocycles. The first-order valence-electron chi connectivity index (χ1n) is 4.63. The van der Waals surface area contributed by atoms with Gasteiger partial charge in [-0.3, -0.25) is 0 Å². The third-order valence-corrected chi connectivity index (χ3v) is 2.74. The van der Waals surface area contributed by atoms with Crippen LogP contribution in [0.4, 0.5) is 0 Å². The third-order valence-electron chi connectivity index (χ3n) is 2.74. The van der Waals surface area contributed by atoms with Gasteiger partial charge in [-0.05, 0) is 0 Å². The zero-order valence-corrected chi connectivity index (χ0v) is 8.08. The minimum atomic E-state index is -0.980. The maximum Gasteiger partial charge on any atom is 0.287 e. The van der Waals surface area contributed by atoms with Gasteiger partial charge in [-0.1, -0.05) is 13.8 Å². The predicted molar refractivity (Wildman–Crippen MR) is 44.9 cm³/mol. The van der Waals surface area contributed by atoms with Crippen LogP contribution in [0.15, 0.2) is 0 Å². The molecule has 0 aliphatic carbocycles. The van der Waals surface area contributed by atoms with Crippen LogP contribution in [0.1, 0.15) is 13.8 Å². The van der Waals surface area contributed by atoms with E-state index in [9.17, 15) is 0 Å². The molecule has 13 heavy (non-hydrogen) atoms. The molecule has 1 atom stereocenters. The Kier molecular flexibility index (Phi) is 2.11. The smallest absolute Gasteiger partial charge is 0.287 e.